The van der Waals surface area contributed by atoms with Gasteiger partial charge in [0.25, 0.3) is 0 Å². The third-order valence-electron chi connectivity index (χ3n) is 3.47. The molecule has 0 spiro atoms. The highest BCUT2D eigenvalue weighted by Crippen LogP contribution is 2.22. The van der Waals surface area contributed by atoms with Crippen LogP contribution in [-0.4, -0.2) is 34.6 Å². The molecule has 108 valence electrons. The summed E-state index contributed by atoms with van der Waals surface area (Å²) in [7, 11) is 0. The van der Waals surface area contributed by atoms with E-state index in [1.807, 2.05) is 0 Å². The van der Waals surface area contributed by atoms with E-state index in [0.29, 0.717) is 24.2 Å². The number of urea groups is 1. The Kier molecular flexibility index (Phi) is 4.22. The van der Waals surface area contributed by atoms with Gasteiger partial charge in [0.1, 0.15) is 5.82 Å². The summed E-state index contributed by atoms with van der Waals surface area (Å²) in [4.78, 5) is 24.4. The normalized spacial score (nSPS) is 18.1. The lowest BCUT2D eigenvalue weighted by atomic mass is 10.1. The van der Waals surface area contributed by atoms with Crippen molar-refractivity contribution in [2.24, 2.45) is 0 Å². The second-order valence-corrected chi connectivity index (χ2v) is 4.98. The van der Waals surface area contributed by atoms with Crippen LogP contribution in [0.5, 0.6) is 0 Å². The Labute approximate surface area is 116 Å². The van der Waals surface area contributed by atoms with Crippen molar-refractivity contribution in [1.29, 1.82) is 0 Å². The summed E-state index contributed by atoms with van der Waals surface area (Å²) >= 11 is 0. The number of carbonyl (C=O) groups is 2. The average Bonchev–Trinajstić information content (AvgIpc) is 2.81. The zero-order valence-corrected chi connectivity index (χ0v) is 11.2. The molecule has 1 aliphatic rings. The molecule has 2 rings (SSSR count). The molecule has 0 aromatic heterocycles. The van der Waals surface area contributed by atoms with Crippen LogP contribution in [-0.2, 0) is 4.79 Å². The molecule has 1 saturated heterocycles. The molecule has 1 aromatic rings. The molecule has 5 nitrogen and oxygen atoms in total. The van der Waals surface area contributed by atoms with Crippen LogP contribution in [0.2, 0.25) is 0 Å². The number of hydrogen-bond donors (Lipinski definition) is 2. The molecule has 2 amide bonds. The summed E-state index contributed by atoms with van der Waals surface area (Å²) in [6.45, 7) is 2.17. The van der Waals surface area contributed by atoms with E-state index in [9.17, 15) is 14.0 Å². The fourth-order valence-electron chi connectivity index (χ4n) is 2.38. The molecular formula is C14H17FN2O3. The predicted octanol–water partition coefficient (Wildman–Crippen LogP) is 2.61. The highest BCUT2D eigenvalue weighted by atomic mass is 19.1. The number of carboxylic acid groups (broad SMARTS) is 1. The van der Waals surface area contributed by atoms with Crippen LogP contribution in [0.15, 0.2) is 18.2 Å². The Morgan fingerprint density at radius 3 is 2.90 bits per heavy atom. The first-order valence-corrected chi connectivity index (χ1v) is 6.53. The van der Waals surface area contributed by atoms with Gasteiger partial charge >= 0.3 is 12.0 Å². The van der Waals surface area contributed by atoms with Crippen molar-refractivity contribution in [2.75, 3.05) is 11.9 Å². The Hall–Kier alpha value is -2.11. The van der Waals surface area contributed by atoms with Crippen LogP contribution in [0.1, 0.15) is 24.8 Å². The number of carbonyl (C=O) groups excluding carboxylic acids is 1. The van der Waals surface area contributed by atoms with E-state index in [-0.39, 0.29) is 24.3 Å². The van der Waals surface area contributed by atoms with Crippen LogP contribution < -0.4 is 5.32 Å². The molecule has 0 bridgehead atoms. The third kappa shape index (κ3) is 3.26. The Morgan fingerprint density at radius 2 is 2.25 bits per heavy atom. The van der Waals surface area contributed by atoms with Crippen LogP contribution in [0.4, 0.5) is 14.9 Å². The molecule has 20 heavy (non-hydrogen) atoms. The maximum Gasteiger partial charge on any atom is 0.322 e. The summed E-state index contributed by atoms with van der Waals surface area (Å²) in [5.74, 6) is -1.30. The molecular weight excluding hydrogens is 263 g/mol. The first kappa shape index (κ1) is 14.3. The number of amides is 2. The van der Waals surface area contributed by atoms with Gasteiger partial charge in [-0.1, -0.05) is 6.07 Å². The van der Waals surface area contributed by atoms with Gasteiger partial charge in [0.05, 0.1) is 6.42 Å². The molecule has 1 aliphatic heterocycles. The van der Waals surface area contributed by atoms with Crippen molar-refractivity contribution in [2.45, 2.75) is 32.2 Å². The summed E-state index contributed by atoms with van der Waals surface area (Å²) in [6.07, 6.45) is 1.41. The number of carboxylic acids is 1. The van der Waals surface area contributed by atoms with Gasteiger partial charge in [0, 0.05) is 18.3 Å². The van der Waals surface area contributed by atoms with Crippen molar-refractivity contribution >= 4 is 17.7 Å². The van der Waals surface area contributed by atoms with Gasteiger partial charge in [-0.25, -0.2) is 9.18 Å². The molecule has 1 unspecified atom stereocenters. The molecule has 1 fully saturated rings. The summed E-state index contributed by atoms with van der Waals surface area (Å²) in [6, 6.07) is 3.80. The number of aliphatic carboxylic acids is 1. The number of nitrogens with one attached hydrogen (secondary N) is 1. The van der Waals surface area contributed by atoms with E-state index in [2.05, 4.69) is 5.32 Å². The fraction of sp³-hybridized carbons (Fsp3) is 0.429. The molecule has 2 N–H and O–H groups in total. The Balaban J connectivity index is 2.03. The Bertz CT molecular complexity index is 533. The second-order valence-electron chi connectivity index (χ2n) is 4.98. The monoisotopic (exact) mass is 280 g/mol. The third-order valence-corrected chi connectivity index (χ3v) is 3.47. The van der Waals surface area contributed by atoms with Crippen LogP contribution in [0.25, 0.3) is 0 Å². The largest absolute Gasteiger partial charge is 0.481 e. The first-order valence-electron chi connectivity index (χ1n) is 6.53. The Morgan fingerprint density at radius 1 is 1.50 bits per heavy atom. The number of likely N-dealkylation sites (tertiary alicyclic amines) is 1. The zero-order valence-electron chi connectivity index (χ0n) is 11.2. The molecule has 1 aromatic carbocycles. The number of benzene rings is 1. The topological polar surface area (TPSA) is 69.6 Å². The molecule has 1 heterocycles. The van der Waals surface area contributed by atoms with Crippen molar-refractivity contribution in [1.82, 2.24) is 4.90 Å². The minimum atomic E-state index is -0.920. The van der Waals surface area contributed by atoms with E-state index in [4.69, 9.17) is 5.11 Å². The first-order chi connectivity index (χ1) is 9.47. The van der Waals surface area contributed by atoms with Gasteiger partial charge in [0.2, 0.25) is 0 Å². The highest BCUT2D eigenvalue weighted by molar-refractivity contribution is 5.90. The van der Waals surface area contributed by atoms with Gasteiger partial charge in [-0.3, -0.25) is 4.79 Å². The molecule has 0 saturated carbocycles. The summed E-state index contributed by atoms with van der Waals surface area (Å²) in [5.41, 5.74) is 0.881. The average molecular weight is 280 g/mol. The smallest absolute Gasteiger partial charge is 0.322 e. The molecule has 0 aliphatic carbocycles. The van der Waals surface area contributed by atoms with Crippen molar-refractivity contribution < 1.29 is 19.1 Å². The predicted molar refractivity (Wildman–Crippen MR) is 72.1 cm³/mol. The lowest BCUT2D eigenvalue weighted by molar-refractivity contribution is -0.137. The van der Waals surface area contributed by atoms with Gasteiger partial charge in [0.15, 0.2) is 0 Å². The number of aryl methyl sites for hydroxylation is 1. The number of anilines is 1. The van der Waals surface area contributed by atoms with Gasteiger partial charge in [-0.05, 0) is 37.5 Å². The summed E-state index contributed by atoms with van der Waals surface area (Å²) in [5, 5.41) is 11.4. The van der Waals surface area contributed by atoms with Gasteiger partial charge in [-0.2, -0.15) is 0 Å². The molecule has 0 radical (unpaired) electrons. The second kappa shape index (κ2) is 5.90. The van der Waals surface area contributed by atoms with Crippen LogP contribution in [0, 0.1) is 12.7 Å². The van der Waals surface area contributed by atoms with Crippen LogP contribution >= 0.6 is 0 Å². The van der Waals surface area contributed by atoms with E-state index in [0.717, 1.165) is 6.42 Å². The van der Waals surface area contributed by atoms with E-state index < -0.39 is 5.97 Å². The summed E-state index contributed by atoms with van der Waals surface area (Å²) < 4.78 is 13.4. The minimum absolute atomic E-state index is 0.0598. The van der Waals surface area contributed by atoms with Crippen LogP contribution in [0.3, 0.4) is 0 Å². The highest BCUT2D eigenvalue weighted by Gasteiger charge is 2.30. The SMILES string of the molecule is Cc1ccc(NC(=O)N2CCCC2CC(=O)O)cc1F. The number of rotatable bonds is 3. The van der Waals surface area contributed by atoms with Crippen molar-refractivity contribution in [3.63, 3.8) is 0 Å². The molecule has 1 atom stereocenters. The fourth-order valence-corrected chi connectivity index (χ4v) is 2.38. The van der Waals surface area contributed by atoms with E-state index >= 15 is 0 Å². The van der Waals surface area contributed by atoms with Gasteiger partial charge in [-0.15, -0.1) is 0 Å². The standard InChI is InChI=1S/C14H17FN2O3/c1-9-4-5-10(7-12(9)15)16-14(20)17-6-2-3-11(17)8-13(18)19/h4-5,7,11H,2-3,6,8H2,1H3,(H,16,20)(H,18,19). The van der Waals surface area contributed by atoms with E-state index in [1.54, 1.807) is 19.1 Å². The van der Waals surface area contributed by atoms with Gasteiger partial charge < -0.3 is 15.3 Å². The minimum Gasteiger partial charge on any atom is -0.481 e. The maximum atomic E-state index is 13.4. The lowest BCUT2D eigenvalue weighted by Gasteiger charge is -2.23. The maximum absolute atomic E-state index is 13.4. The number of halogens is 1. The van der Waals surface area contributed by atoms with E-state index in [1.165, 1.54) is 11.0 Å². The zero-order chi connectivity index (χ0) is 14.7. The number of hydrogen-bond acceptors (Lipinski definition) is 2. The molecule has 6 heteroatoms. The lowest BCUT2D eigenvalue weighted by Crippen LogP contribution is -2.39. The quantitative estimate of drug-likeness (QED) is 0.894. The number of nitrogens with zero attached hydrogens (tertiary/aromatic N) is 1. The van der Waals surface area contributed by atoms with Crippen molar-refractivity contribution in [3.8, 4) is 0 Å². The van der Waals surface area contributed by atoms with Crippen molar-refractivity contribution in [3.05, 3.63) is 29.6 Å².